The Kier molecular flexibility index (Phi) is 4.15. The van der Waals surface area contributed by atoms with Gasteiger partial charge in [-0.05, 0) is 0 Å². The number of hydrogen-bond donors (Lipinski definition) is 2. The van der Waals surface area contributed by atoms with Gasteiger partial charge in [0.2, 0.25) is 0 Å². The molecule has 0 aromatic carbocycles. The molecule has 0 aromatic heterocycles. The standard InChI is InChI=1S/C4H7N5O2/c5-2-1-3-7-4(6)8-9(10)11/h1,3H2,(H3,6,7,8). The van der Waals surface area contributed by atoms with Crippen molar-refractivity contribution in [2.24, 2.45) is 10.8 Å². The first-order chi connectivity index (χ1) is 5.16. The zero-order valence-corrected chi connectivity index (χ0v) is 5.65. The third-order valence-electron chi connectivity index (χ3n) is 0.732. The summed E-state index contributed by atoms with van der Waals surface area (Å²) in [6.45, 7) is 0.264. The van der Waals surface area contributed by atoms with Gasteiger partial charge in [-0.1, -0.05) is 0 Å². The maximum Gasteiger partial charge on any atom is 0.266 e. The fourth-order valence-electron chi connectivity index (χ4n) is 0.370. The molecule has 0 aliphatic carbocycles. The summed E-state index contributed by atoms with van der Waals surface area (Å²) in [5.41, 5.74) is 5.00. The van der Waals surface area contributed by atoms with Gasteiger partial charge >= 0.3 is 0 Å². The van der Waals surface area contributed by atoms with E-state index in [1.54, 1.807) is 0 Å². The third kappa shape index (κ3) is 6.04. The van der Waals surface area contributed by atoms with Gasteiger partial charge in [0.25, 0.3) is 5.96 Å². The summed E-state index contributed by atoms with van der Waals surface area (Å²) < 4.78 is 0. The molecule has 0 aliphatic heterocycles. The zero-order chi connectivity index (χ0) is 8.69. The van der Waals surface area contributed by atoms with Crippen molar-refractivity contribution in [2.45, 2.75) is 6.42 Å². The quantitative estimate of drug-likeness (QED) is 0.179. The summed E-state index contributed by atoms with van der Waals surface area (Å²) in [5.74, 6) is -0.287. The first-order valence-corrected chi connectivity index (χ1v) is 2.76. The van der Waals surface area contributed by atoms with E-state index in [2.05, 4.69) is 10.4 Å². The molecule has 0 atom stereocenters. The fourth-order valence-corrected chi connectivity index (χ4v) is 0.370. The summed E-state index contributed by atoms with van der Waals surface area (Å²) in [7, 11) is 0. The first-order valence-electron chi connectivity index (χ1n) is 2.76. The van der Waals surface area contributed by atoms with E-state index in [9.17, 15) is 10.1 Å². The third-order valence-corrected chi connectivity index (χ3v) is 0.732. The molecule has 0 aromatic rings. The smallest absolute Gasteiger partial charge is 0.266 e. The van der Waals surface area contributed by atoms with Crippen LogP contribution in [-0.4, -0.2) is 17.5 Å². The molecule has 0 radical (unpaired) electrons. The van der Waals surface area contributed by atoms with Gasteiger partial charge in [0, 0.05) is 6.54 Å². The van der Waals surface area contributed by atoms with Crippen molar-refractivity contribution in [1.29, 1.82) is 5.26 Å². The second-order valence-corrected chi connectivity index (χ2v) is 1.56. The van der Waals surface area contributed by atoms with Crippen molar-refractivity contribution in [3.63, 3.8) is 0 Å². The van der Waals surface area contributed by atoms with Crippen molar-refractivity contribution in [2.75, 3.05) is 6.54 Å². The van der Waals surface area contributed by atoms with E-state index in [1.807, 2.05) is 6.07 Å². The van der Waals surface area contributed by atoms with Gasteiger partial charge in [-0.3, -0.25) is 0 Å². The monoisotopic (exact) mass is 157 g/mol. The summed E-state index contributed by atoms with van der Waals surface area (Å²) in [6, 6.07) is 1.83. The Hall–Kier alpha value is -1.84. The van der Waals surface area contributed by atoms with Gasteiger partial charge in [0.1, 0.15) is 5.10 Å². The predicted octanol–water partition coefficient (Wildman–Crippen LogP) is -1.00. The lowest BCUT2D eigenvalue weighted by atomic mass is 10.5. The van der Waals surface area contributed by atoms with Crippen molar-refractivity contribution in [1.82, 2.24) is 5.32 Å². The van der Waals surface area contributed by atoms with Crippen LogP contribution in [0.4, 0.5) is 0 Å². The fraction of sp³-hybridized carbons (Fsp3) is 0.500. The molecule has 0 bridgehead atoms. The van der Waals surface area contributed by atoms with Crippen LogP contribution in [-0.2, 0) is 0 Å². The van der Waals surface area contributed by atoms with Crippen LogP contribution in [0, 0.1) is 21.4 Å². The Morgan fingerprint density at radius 1 is 1.91 bits per heavy atom. The molecule has 0 heterocycles. The maximum absolute atomic E-state index is 9.68. The zero-order valence-electron chi connectivity index (χ0n) is 5.65. The SMILES string of the molecule is N#CCCN/C(N)=N\[N+](=O)[O-]. The van der Waals surface area contributed by atoms with Gasteiger partial charge in [-0.15, -0.1) is 0 Å². The van der Waals surface area contributed by atoms with Crippen molar-refractivity contribution in [3.05, 3.63) is 10.1 Å². The van der Waals surface area contributed by atoms with Gasteiger partial charge in [-0.25, -0.2) is 10.1 Å². The lowest BCUT2D eigenvalue weighted by Crippen LogP contribution is -2.32. The molecular weight excluding hydrogens is 150 g/mol. The van der Waals surface area contributed by atoms with Crippen LogP contribution in [0.2, 0.25) is 0 Å². The van der Waals surface area contributed by atoms with Crippen LogP contribution in [0.15, 0.2) is 5.10 Å². The highest BCUT2D eigenvalue weighted by molar-refractivity contribution is 5.76. The highest BCUT2D eigenvalue weighted by Gasteiger charge is 1.95. The van der Waals surface area contributed by atoms with Crippen LogP contribution in [0.3, 0.4) is 0 Å². The molecule has 60 valence electrons. The minimum Gasteiger partial charge on any atom is -0.365 e. The van der Waals surface area contributed by atoms with E-state index >= 15 is 0 Å². The lowest BCUT2D eigenvalue weighted by Gasteiger charge is -1.95. The number of nitrogens with zero attached hydrogens (tertiary/aromatic N) is 3. The van der Waals surface area contributed by atoms with Crippen molar-refractivity contribution < 1.29 is 5.03 Å². The van der Waals surface area contributed by atoms with Gasteiger partial charge in [0.15, 0.2) is 5.03 Å². The molecule has 0 fully saturated rings. The number of rotatable bonds is 3. The van der Waals surface area contributed by atoms with Crippen LogP contribution >= 0.6 is 0 Å². The molecule has 0 rings (SSSR count). The molecule has 11 heavy (non-hydrogen) atoms. The number of nitrogens with two attached hydrogens (primary N) is 1. The Bertz CT molecular complexity index is 205. The number of nitrogens with one attached hydrogen (secondary N) is 1. The molecular formula is C4H7N5O2. The van der Waals surface area contributed by atoms with Crippen molar-refractivity contribution >= 4 is 5.96 Å². The molecule has 0 spiro atoms. The topological polar surface area (TPSA) is 117 Å². The second-order valence-electron chi connectivity index (χ2n) is 1.56. The maximum atomic E-state index is 9.68. The molecule has 7 heteroatoms. The molecule has 7 nitrogen and oxygen atoms in total. The normalized spacial score (nSPS) is 10.3. The minimum absolute atomic E-state index is 0.230. The molecule has 3 N–H and O–H groups in total. The number of hydrogen-bond acceptors (Lipinski definition) is 3. The van der Waals surface area contributed by atoms with E-state index in [1.165, 1.54) is 0 Å². The molecule has 0 saturated heterocycles. The summed E-state index contributed by atoms with van der Waals surface area (Å²) in [6.07, 6.45) is 0.230. The predicted molar refractivity (Wildman–Crippen MR) is 36.8 cm³/mol. The first kappa shape index (κ1) is 9.16. The summed E-state index contributed by atoms with van der Waals surface area (Å²) >= 11 is 0. The summed E-state index contributed by atoms with van der Waals surface area (Å²) in [4.78, 5) is 9.68. The van der Waals surface area contributed by atoms with Crippen LogP contribution < -0.4 is 11.1 Å². The summed E-state index contributed by atoms with van der Waals surface area (Å²) in [5, 5.41) is 21.9. The largest absolute Gasteiger partial charge is 0.365 e. The number of nitriles is 1. The molecule has 0 saturated carbocycles. The van der Waals surface area contributed by atoms with Crippen LogP contribution in [0.5, 0.6) is 0 Å². The van der Waals surface area contributed by atoms with E-state index in [0.717, 1.165) is 0 Å². The van der Waals surface area contributed by atoms with Crippen LogP contribution in [0.25, 0.3) is 0 Å². The minimum atomic E-state index is -0.908. The van der Waals surface area contributed by atoms with Crippen molar-refractivity contribution in [3.8, 4) is 6.07 Å². The number of guanidine groups is 1. The van der Waals surface area contributed by atoms with Gasteiger partial charge < -0.3 is 11.1 Å². The average molecular weight is 157 g/mol. The van der Waals surface area contributed by atoms with E-state index in [4.69, 9.17) is 11.0 Å². The van der Waals surface area contributed by atoms with Gasteiger partial charge in [-0.2, -0.15) is 5.26 Å². The molecule has 0 unspecified atom stereocenters. The molecule has 0 aliphatic rings. The van der Waals surface area contributed by atoms with E-state index < -0.39 is 5.03 Å². The average Bonchev–Trinajstić information content (AvgIpc) is 1.86. The Morgan fingerprint density at radius 3 is 3.00 bits per heavy atom. The van der Waals surface area contributed by atoms with Gasteiger partial charge in [0.05, 0.1) is 12.5 Å². The number of hydrazone groups is 1. The second kappa shape index (κ2) is 4.99. The molecule has 0 amide bonds. The van der Waals surface area contributed by atoms with Crippen LogP contribution in [0.1, 0.15) is 6.42 Å². The number of nitro groups is 1. The Balaban J connectivity index is 3.61. The highest BCUT2D eigenvalue weighted by atomic mass is 16.7. The lowest BCUT2D eigenvalue weighted by molar-refractivity contribution is -0.485. The van der Waals surface area contributed by atoms with E-state index in [0.29, 0.717) is 0 Å². The Morgan fingerprint density at radius 2 is 2.55 bits per heavy atom. The highest BCUT2D eigenvalue weighted by Crippen LogP contribution is 1.71. The Labute approximate surface area is 62.6 Å². The van der Waals surface area contributed by atoms with E-state index in [-0.39, 0.29) is 18.9 Å².